The molecule has 0 amide bonds. The average Bonchev–Trinajstić information content (AvgIpc) is 2.76. The molecular weight excluding hydrogens is 374 g/mol. The minimum Gasteiger partial charge on any atom is -0.472 e. The summed E-state index contributed by atoms with van der Waals surface area (Å²) >= 11 is 0. The number of nitrogens with zero attached hydrogens (tertiary/aromatic N) is 1. The summed E-state index contributed by atoms with van der Waals surface area (Å²) in [6.45, 7) is 7.41. The van der Waals surface area contributed by atoms with Crippen LogP contribution >= 0.6 is 0 Å². The first-order chi connectivity index (χ1) is 14.5. The van der Waals surface area contributed by atoms with E-state index in [2.05, 4.69) is 43.0 Å². The normalized spacial score (nSPS) is 13.2. The molecule has 0 saturated heterocycles. The van der Waals surface area contributed by atoms with E-state index in [0.29, 0.717) is 12.3 Å². The Balaban J connectivity index is 1.66. The topological polar surface area (TPSA) is 42.7 Å². The molecule has 0 N–H and O–H groups in total. The van der Waals surface area contributed by atoms with E-state index in [1.807, 2.05) is 37.3 Å². The first kappa shape index (κ1) is 18.5. The highest BCUT2D eigenvalue weighted by Gasteiger charge is 2.23. The van der Waals surface area contributed by atoms with Crippen LogP contribution in [-0.2, 0) is 6.54 Å². The molecule has 3 aromatic carbocycles. The van der Waals surface area contributed by atoms with Crippen molar-refractivity contribution in [1.82, 2.24) is 0 Å². The van der Waals surface area contributed by atoms with Crippen LogP contribution < -0.4 is 15.3 Å². The Labute approximate surface area is 175 Å². The number of aryl methyl sites for hydroxylation is 3. The van der Waals surface area contributed by atoms with E-state index in [1.165, 1.54) is 11.1 Å². The zero-order valence-corrected chi connectivity index (χ0v) is 17.4. The van der Waals surface area contributed by atoms with Crippen LogP contribution in [0.1, 0.15) is 22.3 Å². The third-order valence-electron chi connectivity index (χ3n) is 5.96. The molecule has 30 heavy (non-hydrogen) atoms. The van der Waals surface area contributed by atoms with Crippen molar-refractivity contribution >= 4 is 16.7 Å². The van der Waals surface area contributed by atoms with Crippen LogP contribution in [0.2, 0.25) is 0 Å². The molecule has 0 saturated carbocycles. The molecule has 4 nitrogen and oxygen atoms in total. The van der Waals surface area contributed by atoms with Gasteiger partial charge in [-0.3, -0.25) is 0 Å². The first-order valence-electron chi connectivity index (χ1n) is 10.1. The standard InChI is InChI=1S/C26H23NO3/c1-16-9-10-21(11-17(16)2)27-14-20-12-23-22(19-7-5-4-6-8-19)13-24(28)30-26(23)18(3)25(20)29-15-27/h4-13H,14-15H2,1-3H3. The summed E-state index contributed by atoms with van der Waals surface area (Å²) in [5.74, 6) is 0.816. The van der Waals surface area contributed by atoms with Crippen LogP contribution in [0.5, 0.6) is 5.75 Å². The molecule has 0 bridgehead atoms. The Morgan fingerprint density at radius 3 is 2.47 bits per heavy atom. The maximum absolute atomic E-state index is 12.3. The largest absolute Gasteiger partial charge is 0.472 e. The van der Waals surface area contributed by atoms with Crippen molar-refractivity contribution in [3.8, 4) is 16.9 Å². The minimum absolute atomic E-state index is 0.350. The number of ether oxygens (including phenoxy) is 1. The predicted octanol–water partition coefficient (Wildman–Crippen LogP) is 5.74. The van der Waals surface area contributed by atoms with E-state index >= 15 is 0 Å². The van der Waals surface area contributed by atoms with Gasteiger partial charge in [0.05, 0.1) is 0 Å². The molecule has 0 radical (unpaired) electrons. The van der Waals surface area contributed by atoms with E-state index in [1.54, 1.807) is 6.07 Å². The smallest absolute Gasteiger partial charge is 0.336 e. The van der Waals surface area contributed by atoms with Crippen molar-refractivity contribution in [1.29, 1.82) is 0 Å². The van der Waals surface area contributed by atoms with Crippen molar-refractivity contribution in [3.05, 3.63) is 93.3 Å². The second-order valence-corrected chi connectivity index (χ2v) is 7.95. The molecule has 1 aliphatic heterocycles. The Morgan fingerprint density at radius 1 is 0.900 bits per heavy atom. The fourth-order valence-corrected chi connectivity index (χ4v) is 4.17. The first-order valence-corrected chi connectivity index (χ1v) is 10.1. The number of hydrogen-bond donors (Lipinski definition) is 0. The van der Waals surface area contributed by atoms with Crippen molar-refractivity contribution < 1.29 is 9.15 Å². The molecule has 2 heterocycles. The van der Waals surface area contributed by atoms with E-state index < -0.39 is 0 Å². The lowest BCUT2D eigenvalue weighted by Gasteiger charge is -2.32. The van der Waals surface area contributed by atoms with Crippen LogP contribution in [-0.4, -0.2) is 6.73 Å². The van der Waals surface area contributed by atoms with Crippen LogP contribution in [0.4, 0.5) is 5.69 Å². The van der Waals surface area contributed by atoms with Gasteiger partial charge in [-0.25, -0.2) is 4.79 Å². The highest BCUT2D eigenvalue weighted by atomic mass is 16.5. The van der Waals surface area contributed by atoms with Crippen LogP contribution in [0.15, 0.2) is 69.9 Å². The molecular formula is C26H23NO3. The van der Waals surface area contributed by atoms with Gasteiger partial charge in [0.2, 0.25) is 0 Å². The quantitative estimate of drug-likeness (QED) is 0.405. The third kappa shape index (κ3) is 3.05. The van der Waals surface area contributed by atoms with Gasteiger partial charge in [0.25, 0.3) is 0 Å². The monoisotopic (exact) mass is 397 g/mol. The number of benzene rings is 3. The number of anilines is 1. The van der Waals surface area contributed by atoms with Crippen LogP contribution in [0.3, 0.4) is 0 Å². The molecule has 0 unspecified atom stereocenters. The van der Waals surface area contributed by atoms with E-state index in [0.717, 1.165) is 45.6 Å². The Kier molecular flexibility index (Phi) is 4.35. The highest BCUT2D eigenvalue weighted by molar-refractivity contribution is 5.96. The second-order valence-electron chi connectivity index (χ2n) is 7.95. The lowest BCUT2D eigenvalue weighted by molar-refractivity contribution is 0.287. The van der Waals surface area contributed by atoms with Gasteiger partial charge >= 0.3 is 5.63 Å². The molecule has 150 valence electrons. The molecule has 5 rings (SSSR count). The van der Waals surface area contributed by atoms with Crippen molar-refractivity contribution in [2.45, 2.75) is 27.3 Å². The van der Waals surface area contributed by atoms with Gasteiger partial charge in [0.1, 0.15) is 11.3 Å². The van der Waals surface area contributed by atoms with Gasteiger partial charge < -0.3 is 14.1 Å². The van der Waals surface area contributed by atoms with Gasteiger partial charge in [-0.05, 0) is 61.2 Å². The van der Waals surface area contributed by atoms with Gasteiger partial charge in [-0.15, -0.1) is 0 Å². The van der Waals surface area contributed by atoms with Gasteiger partial charge in [-0.1, -0.05) is 36.4 Å². The van der Waals surface area contributed by atoms with E-state index in [4.69, 9.17) is 9.15 Å². The zero-order valence-electron chi connectivity index (χ0n) is 17.4. The Morgan fingerprint density at radius 2 is 1.70 bits per heavy atom. The third-order valence-corrected chi connectivity index (χ3v) is 5.96. The average molecular weight is 397 g/mol. The molecule has 0 aliphatic carbocycles. The lowest BCUT2D eigenvalue weighted by atomic mass is 9.97. The van der Waals surface area contributed by atoms with Crippen molar-refractivity contribution in [2.24, 2.45) is 0 Å². The summed E-state index contributed by atoms with van der Waals surface area (Å²) in [5, 5.41) is 0.933. The summed E-state index contributed by atoms with van der Waals surface area (Å²) in [6, 6.07) is 20.1. The summed E-state index contributed by atoms with van der Waals surface area (Å²) in [4.78, 5) is 14.5. The molecule has 0 atom stereocenters. The molecule has 4 heteroatoms. The maximum Gasteiger partial charge on any atom is 0.336 e. The fraction of sp³-hybridized carbons (Fsp3) is 0.192. The summed E-state index contributed by atoms with van der Waals surface area (Å²) in [6.07, 6.45) is 0. The fourth-order valence-electron chi connectivity index (χ4n) is 4.17. The van der Waals surface area contributed by atoms with Crippen LogP contribution in [0, 0.1) is 20.8 Å². The van der Waals surface area contributed by atoms with Crippen molar-refractivity contribution in [3.63, 3.8) is 0 Å². The van der Waals surface area contributed by atoms with Gasteiger partial charge in [-0.2, -0.15) is 0 Å². The molecule has 0 spiro atoms. The second kappa shape index (κ2) is 7.06. The molecule has 1 aromatic heterocycles. The van der Waals surface area contributed by atoms with Gasteiger partial charge in [0, 0.05) is 34.8 Å². The molecule has 1 aliphatic rings. The highest BCUT2D eigenvalue weighted by Crippen LogP contribution is 2.39. The minimum atomic E-state index is -0.350. The maximum atomic E-state index is 12.3. The van der Waals surface area contributed by atoms with E-state index in [-0.39, 0.29) is 5.63 Å². The molecule has 0 fully saturated rings. The number of rotatable bonds is 2. The summed E-state index contributed by atoms with van der Waals surface area (Å²) < 4.78 is 11.8. The van der Waals surface area contributed by atoms with Crippen LogP contribution in [0.25, 0.3) is 22.1 Å². The lowest BCUT2D eigenvalue weighted by Crippen LogP contribution is -2.32. The number of fused-ring (bicyclic) bond motifs is 2. The van der Waals surface area contributed by atoms with Gasteiger partial charge in [0.15, 0.2) is 6.73 Å². The zero-order chi connectivity index (χ0) is 20.8. The SMILES string of the molecule is Cc1ccc(N2COc3c(cc4c(-c5ccccc5)cc(=O)oc4c3C)C2)cc1C. The predicted molar refractivity (Wildman–Crippen MR) is 120 cm³/mol. The number of hydrogen-bond acceptors (Lipinski definition) is 4. The molecule has 4 aromatic rings. The van der Waals surface area contributed by atoms with E-state index in [9.17, 15) is 4.79 Å². The Bertz CT molecular complexity index is 1320. The summed E-state index contributed by atoms with van der Waals surface area (Å²) in [7, 11) is 0. The Hall–Kier alpha value is -3.53. The summed E-state index contributed by atoms with van der Waals surface area (Å²) in [5.41, 5.74) is 7.78. The van der Waals surface area contributed by atoms with Crippen molar-refractivity contribution in [2.75, 3.05) is 11.6 Å².